The largest absolute Gasteiger partial charge is 0.490 e. The van der Waals surface area contributed by atoms with E-state index in [2.05, 4.69) is 21.2 Å². The summed E-state index contributed by atoms with van der Waals surface area (Å²) in [5.41, 5.74) is 4.44. The number of carbonyl (C=O) groups is 3. The molecule has 0 spiro atoms. The lowest BCUT2D eigenvalue weighted by Crippen LogP contribution is -2.45. The molecule has 0 saturated heterocycles. The van der Waals surface area contributed by atoms with Crippen LogP contribution in [0.2, 0.25) is 0 Å². The van der Waals surface area contributed by atoms with Crippen LogP contribution in [0, 0.1) is 0 Å². The average molecular weight is 615 g/mol. The van der Waals surface area contributed by atoms with E-state index in [1.54, 1.807) is 57.2 Å². The van der Waals surface area contributed by atoms with Crippen molar-refractivity contribution in [3.8, 4) is 23.0 Å². The number of aliphatic hydroxyl groups excluding tert-OH is 1. The molecule has 0 fully saturated rings. The van der Waals surface area contributed by atoms with Gasteiger partial charge in [0.15, 0.2) is 35.8 Å². The van der Waals surface area contributed by atoms with Crippen molar-refractivity contribution < 1.29 is 47.9 Å². The standard InChI is InChI=1S/C30H38N4O10/c1-6-40-23-13-19(9-11-21(23)44-17-26(36)42-8-3)15-31-34-25(35)16-43-22-12-10-20(14-24(22)41-7-2)28-27(29(37)39-5)18(4)32-30(38)33-28/h9-15,25,28,34-35H,6-8,16-17H2,1-5H3,(H2,32,33,38)/b31-15-/t25-,28+/m1/s1. The molecule has 0 aromatic heterocycles. The van der Waals surface area contributed by atoms with Crippen molar-refractivity contribution in [3.63, 3.8) is 0 Å². The van der Waals surface area contributed by atoms with E-state index in [4.69, 9.17) is 28.4 Å². The van der Waals surface area contributed by atoms with Gasteiger partial charge in [-0.2, -0.15) is 5.10 Å². The Bertz CT molecular complexity index is 1380. The van der Waals surface area contributed by atoms with E-state index in [1.165, 1.54) is 13.3 Å². The number of amides is 2. The van der Waals surface area contributed by atoms with Gasteiger partial charge in [0.25, 0.3) is 0 Å². The predicted octanol–water partition coefficient (Wildman–Crippen LogP) is 2.55. The summed E-state index contributed by atoms with van der Waals surface area (Å²) in [4.78, 5) is 36.2. The normalized spacial score (nSPS) is 15.1. The molecule has 2 aromatic rings. The minimum absolute atomic E-state index is 0.182. The zero-order valence-electron chi connectivity index (χ0n) is 25.3. The smallest absolute Gasteiger partial charge is 0.344 e. The number of hydrogen-bond donors (Lipinski definition) is 4. The highest BCUT2D eigenvalue weighted by Crippen LogP contribution is 2.35. The van der Waals surface area contributed by atoms with Crippen LogP contribution in [0.1, 0.15) is 44.9 Å². The number of nitrogens with one attached hydrogen (secondary N) is 3. The van der Waals surface area contributed by atoms with Gasteiger partial charge in [0.05, 0.1) is 44.8 Å². The number of nitrogens with zero attached hydrogens (tertiary/aromatic N) is 1. The summed E-state index contributed by atoms with van der Waals surface area (Å²) in [6.45, 7) is 7.48. The highest BCUT2D eigenvalue weighted by atomic mass is 16.6. The van der Waals surface area contributed by atoms with Crippen LogP contribution in [-0.2, 0) is 19.1 Å². The Hall–Kier alpha value is -4.98. The minimum Gasteiger partial charge on any atom is -0.490 e. The molecule has 2 amide bonds. The molecule has 0 aliphatic carbocycles. The Labute approximate surface area is 255 Å². The molecule has 1 aliphatic heterocycles. The first-order valence-corrected chi connectivity index (χ1v) is 14.0. The molecule has 1 aliphatic rings. The molecule has 3 rings (SSSR count). The SMILES string of the molecule is CCOC(=O)COc1ccc(/C=N\N[C@H](O)COc2ccc([C@@H]3NC(=O)NC(C)=C3C(=O)OC)cc2OCC)cc1OCC. The number of esters is 2. The molecule has 1 heterocycles. The molecule has 14 nitrogen and oxygen atoms in total. The fourth-order valence-corrected chi connectivity index (χ4v) is 4.15. The topological polar surface area (TPSA) is 175 Å². The van der Waals surface area contributed by atoms with E-state index in [9.17, 15) is 19.5 Å². The van der Waals surface area contributed by atoms with Crippen molar-refractivity contribution >= 4 is 24.2 Å². The number of benzene rings is 2. The molecule has 0 bridgehead atoms. The molecule has 0 unspecified atom stereocenters. The Morgan fingerprint density at radius 3 is 2.34 bits per heavy atom. The van der Waals surface area contributed by atoms with Crippen molar-refractivity contribution in [3.05, 3.63) is 58.8 Å². The zero-order valence-corrected chi connectivity index (χ0v) is 25.3. The molecule has 2 aromatic carbocycles. The summed E-state index contributed by atoms with van der Waals surface area (Å²) >= 11 is 0. The van der Waals surface area contributed by atoms with Crippen LogP contribution in [-0.4, -0.2) is 75.7 Å². The second kappa shape index (κ2) is 16.6. The van der Waals surface area contributed by atoms with E-state index in [0.29, 0.717) is 53.0 Å². The molecule has 0 radical (unpaired) electrons. The summed E-state index contributed by atoms with van der Waals surface area (Å²) in [7, 11) is 1.27. The quantitative estimate of drug-likeness (QED) is 0.0946. The van der Waals surface area contributed by atoms with Crippen molar-refractivity contribution in [1.29, 1.82) is 0 Å². The summed E-state index contributed by atoms with van der Waals surface area (Å²) in [6.07, 6.45) is 0.294. The van der Waals surface area contributed by atoms with Crippen LogP contribution in [0.15, 0.2) is 52.8 Å². The highest BCUT2D eigenvalue weighted by molar-refractivity contribution is 5.95. The Morgan fingerprint density at radius 2 is 1.66 bits per heavy atom. The van der Waals surface area contributed by atoms with Gasteiger partial charge in [-0.3, -0.25) is 5.43 Å². The molecule has 238 valence electrons. The van der Waals surface area contributed by atoms with Gasteiger partial charge in [0.1, 0.15) is 6.61 Å². The van der Waals surface area contributed by atoms with Gasteiger partial charge < -0.3 is 44.2 Å². The summed E-state index contributed by atoms with van der Waals surface area (Å²) in [5.74, 6) is 0.417. The highest BCUT2D eigenvalue weighted by Gasteiger charge is 2.32. The third kappa shape index (κ3) is 9.26. The molecule has 4 N–H and O–H groups in total. The molecule has 44 heavy (non-hydrogen) atoms. The fraction of sp³-hybridized carbons (Fsp3) is 0.400. The fourth-order valence-electron chi connectivity index (χ4n) is 4.15. The molecule has 2 atom stereocenters. The van der Waals surface area contributed by atoms with Crippen LogP contribution in [0.3, 0.4) is 0 Å². The maximum Gasteiger partial charge on any atom is 0.344 e. The van der Waals surface area contributed by atoms with Gasteiger partial charge >= 0.3 is 18.0 Å². The van der Waals surface area contributed by atoms with Crippen LogP contribution in [0.4, 0.5) is 4.79 Å². The lowest BCUT2D eigenvalue weighted by molar-refractivity contribution is -0.145. The van der Waals surface area contributed by atoms with Gasteiger partial charge in [-0.05, 0) is 69.2 Å². The van der Waals surface area contributed by atoms with Gasteiger partial charge in [0, 0.05) is 5.70 Å². The second-order valence-corrected chi connectivity index (χ2v) is 9.15. The van der Waals surface area contributed by atoms with E-state index in [-0.39, 0.29) is 25.4 Å². The van der Waals surface area contributed by atoms with Crippen molar-refractivity contribution in [2.75, 3.05) is 40.1 Å². The first-order chi connectivity index (χ1) is 21.2. The van der Waals surface area contributed by atoms with Crippen LogP contribution in [0.5, 0.6) is 23.0 Å². The van der Waals surface area contributed by atoms with Gasteiger partial charge in [-0.25, -0.2) is 14.4 Å². The lowest BCUT2D eigenvalue weighted by atomic mass is 9.95. The number of rotatable bonds is 16. The van der Waals surface area contributed by atoms with Crippen molar-refractivity contribution in [2.45, 2.75) is 40.0 Å². The number of hydrogen-bond acceptors (Lipinski definition) is 12. The number of aliphatic hydroxyl groups is 1. The Kier molecular flexibility index (Phi) is 12.6. The lowest BCUT2D eigenvalue weighted by Gasteiger charge is -2.28. The number of hydrazone groups is 1. The minimum atomic E-state index is -1.18. The maximum absolute atomic E-state index is 12.4. The number of urea groups is 1. The molecule has 0 saturated carbocycles. The molecular formula is C30H38N4O10. The van der Waals surface area contributed by atoms with E-state index in [0.717, 1.165) is 0 Å². The van der Waals surface area contributed by atoms with Crippen LogP contribution >= 0.6 is 0 Å². The maximum atomic E-state index is 12.4. The first kappa shape index (κ1) is 33.5. The van der Waals surface area contributed by atoms with E-state index in [1.807, 2.05) is 6.92 Å². The van der Waals surface area contributed by atoms with Crippen molar-refractivity contribution in [2.24, 2.45) is 5.10 Å². The van der Waals surface area contributed by atoms with Gasteiger partial charge in [-0.15, -0.1) is 0 Å². The average Bonchev–Trinajstić information content (AvgIpc) is 2.99. The summed E-state index contributed by atoms with van der Waals surface area (Å²) in [6, 6.07) is 8.76. The predicted molar refractivity (Wildman–Crippen MR) is 159 cm³/mol. The van der Waals surface area contributed by atoms with E-state index < -0.39 is 30.2 Å². The third-order valence-electron chi connectivity index (χ3n) is 6.03. The monoisotopic (exact) mass is 614 g/mol. The number of carbonyl (C=O) groups excluding carboxylic acids is 3. The van der Waals surface area contributed by atoms with Crippen LogP contribution in [0.25, 0.3) is 0 Å². The van der Waals surface area contributed by atoms with Gasteiger partial charge in [-0.1, -0.05) is 6.07 Å². The Morgan fingerprint density at radius 1 is 0.977 bits per heavy atom. The zero-order chi connectivity index (χ0) is 32.1. The molecule has 14 heteroatoms. The van der Waals surface area contributed by atoms with E-state index >= 15 is 0 Å². The molecular weight excluding hydrogens is 576 g/mol. The van der Waals surface area contributed by atoms with Crippen molar-refractivity contribution in [1.82, 2.24) is 16.1 Å². The summed E-state index contributed by atoms with van der Waals surface area (Å²) in [5, 5.41) is 19.8. The first-order valence-electron chi connectivity index (χ1n) is 14.0. The third-order valence-corrected chi connectivity index (χ3v) is 6.03. The Balaban J connectivity index is 1.64. The number of methoxy groups -OCH3 is 1. The summed E-state index contributed by atoms with van der Waals surface area (Å²) < 4.78 is 32.4. The number of allylic oxidation sites excluding steroid dienone is 1. The number of ether oxygens (including phenoxy) is 6. The van der Waals surface area contributed by atoms with Crippen LogP contribution < -0.4 is 35.0 Å². The van der Waals surface area contributed by atoms with Gasteiger partial charge in [0.2, 0.25) is 0 Å². The second-order valence-electron chi connectivity index (χ2n) is 9.15.